The Bertz CT molecular complexity index is 304. The average molecular weight is 245 g/mol. The zero-order chi connectivity index (χ0) is 12.5. The summed E-state index contributed by atoms with van der Waals surface area (Å²) in [5.74, 6) is 0.179. The maximum absolute atomic E-state index is 11.9. The van der Waals surface area contributed by atoms with E-state index in [1.807, 2.05) is 6.92 Å². The number of benzene rings is 1. The highest BCUT2D eigenvalue weighted by molar-refractivity contribution is 5.27. The van der Waals surface area contributed by atoms with E-state index in [0.717, 1.165) is 12.1 Å². The third-order valence-electron chi connectivity index (χ3n) is 2.10. The number of hydrogen-bond acceptors (Lipinski definition) is 3. The second-order valence-electron chi connectivity index (χ2n) is 3.40. The van der Waals surface area contributed by atoms with Gasteiger partial charge in [-0.25, -0.2) is 0 Å². The monoisotopic (exact) mass is 245 g/mol. The van der Waals surface area contributed by atoms with Gasteiger partial charge in [-0.3, -0.25) is 0 Å². The molecule has 3 nitrogen and oxygen atoms in total. The van der Waals surface area contributed by atoms with Crippen molar-refractivity contribution >= 4 is 0 Å². The fourth-order valence-corrected chi connectivity index (χ4v) is 1.31. The lowest BCUT2D eigenvalue weighted by Crippen LogP contribution is -2.19. The van der Waals surface area contributed by atoms with E-state index in [1.165, 1.54) is 12.1 Å². The molecule has 0 saturated heterocycles. The van der Waals surface area contributed by atoms with Crippen LogP contribution in [0.4, 0.5) is 8.78 Å². The van der Waals surface area contributed by atoms with Crippen molar-refractivity contribution in [2.24, 2.45) is 0 Å². The molecule has 5 heteroatoms. The first-order valence-electron chi connectivity index (χ1n) is 5.54. The van der Waals surface area contributed by atoms with E-state index in [2.05, 4.69) is 10.1 Å². The predicted molar refractivity (Wildman–Crippen MR) is 61.3 cm³/mol. The molecular formula is C12H17F2NO2. The summed E-state index contributed by atoms with van der Waals surface area (Å²) in [7, 11) is 0. The van der Waals surface area contributed by atoms with E-state index in [4.69, 9.17) is 4.74 Å². The van der Waals surface area contributed by atoms with Crippen LogP contribution in [-0.4, -0.2) is 26.4 Å². The van der Waals surface area contributed by atoms with Crippen LogP contribution in [0, 0.1) is 0 Å². The summed E-state index contributed by atoms with van der Waals surface area (Å²) < 4.78 is 33.2. The second-order valence-corrected chi connectivity index (χ2v) is 3.40. The van der Waals surface area contributed by atoms with Crippen molar-refractivity contribution in [2.45, 2.75) is 20.1 Å². The predicted octanol–water partition coefficient (Wildman–Crippen LogP) is 2.41. The topological polar surface area (TPSA) is 30.5 Å². The van der Waals surface area contributed by atoms with Gasteiger partial charge in [0.2, 0.25) is 0 Å². The molecule has 0 fully saturated rings. The molecule has 0 aliphatic carbocycles. The normalized spacial score (nSPS) is 10.8. The highest BCUT2D eigenvalue weighted by Gasteiger charge is 2.03. The fraction of sp³-hybridized carbons (Fsp3) is 0.500. The maximum Gasteiger partial charge on any atom is 0.387 e. The number of ether oxygens (including phenoxy) is 2. The lowest BCUT2D eigenvalue weighted by molar-refractivity contribution is -0.0498. The molecule has 17 heavy (non-hydrogen) atoms. The Morgan fingerprint density at radius 1 is 1.24 bits per heavy atom. The largest absolute Gasteiger partial charge is 0.435 e. The van der Waals surface area contributed by atoms with Crippen molar-refractivity contribution in [3.05, 3.63) is 29.8 Å². The molecule has 96 valence electrons. The first-order valence-corrected chi connectivity index (χ1v) is 5.54. The Hall–Kier alpha value is -1.20. The summed E-state index contributed by atoms with van der Waals surface area (Å²) in [6.45, 7) is 2.00. The van der Waals surface area contributed by atoms with Gasteiger partial charge in [-0.05, 0) is 24.6 Å². The molecule has 0 heterocycles. The molecule has 0 amide bonds. The second kappa shape index (κ2) is 7.97. The number of hydrogen-bond donors (Lipinski definition) is 1. The molecule has 0 atom stereocenters. The lowest BCUT2D eigenvalue weighted by Gasteiger charge is -2.07. The molecule has 1 aromatic carbocycles. The van der Waals surface area contributed by atoms with E-state index in [1.54, 1.807) is 12.1 Å². The zero-order valence-electron chi connectivity index (χ0n) is 9.79. The first-order chi connectivity index (χ1) is 8.22. The lowest BCUT2D eigenvalue weighted by atomic mass is 10.2. The van der Waals surface area contributed by atoms with E-state index in [0.29, 0.717) is 19.8 Å². The van der Waals surface area contributed by atoms with Crippen LogP contribution in [0.1, 0.15) is 12.5 Å². The summed E-state index contributed by atoms with van der Waals surface area (Å²) in [6, 6.07) is 6.58. The molecule has 0 spiro atoms. The SMILES string of the molecule is CCOCCNCc1ccc(OC(F)F)cc1. The van der Waals surface area contributed by atoms with Crippen LogP contribution in [0.25, 0.3) is 0 Å². The van der Waals surface area contributed by atoms with E-state index < -0.39 is 6.61 Å². The molecule has 0 bridgehead atoms. The van der Waals surface area contributed by atoms with Gasteiger partial charge in [-0.2, -0.15) is 8.78 Å². The molecule has 0 radical (unpaired) electrons. The number of nitrogens with one attached hydrogen (secondary N) is 1. The molecule has 0 unspecified atom stereocenters. The Balaban J connectivity index is 2.25. The minimum Gasteiger partial charge on any atom is -0.435 e. The number of halogens is 2. The van der Waals surface area contributed by atoms with Crippen LogP contribution >= 0.6 is 0 Å². The molecule has 0 aromatic heterocycles. The molecule has 1 rings (SSSR count). The average Bonchev–Trinajstić information content (AvgIpc) is 2.30. The van der Waals surface area contributed by atoms with Gasteiger partial charge in [-0.1, -0.05) is 12.1 Å². The molecule has 0 saturated carbocycles. The third kappa shape index (κ3) is 6.19. The van der Waals surface area contributed by atoms with Crippen molar-refractivity contribution in [1.29, 1.82) is 0 Å². The smallest absolute Gasteiger partial charge is 0.387 e. The van der Waals surface area contributed by atoms with Crippen molar-refractivity contribution in [2.75, 3.05) is 19.8 Å². The Kier molecular flexibility index (Phi) is 6.50. The van der Waals surface area contributed by atoms with Gasteiger partial charge in [0.25, 0.3) is 0 Å². The number of alkyl halides is 2. The third-order valence-corrected chi connectivity index (χ3v) is 2.10. The highest BCUT2D eigenvalue weighted by atomic mass is 19.3. The highest BCUT2D eigenvalue weighted by Crippen LogP contribution is 2.14. The van der Waals surface area contributed by atoms with Crippen molar-refractivity contribution in [3.63, 3.8) is 0 Å². The summed E-state index contributed by atoms with van der Waals surface area (Å²) in [4.78, 5) is 0. The van der Waals surface area contributed by atoms with Crippen LogP contribution in [0.3, 0.4) is 0 Å². The van der Waals surface area contributed by atoms with Crippen LogP contribution in [0.15, 0.2) is 24.3 Å². The van der Waals surface area contributed by atoms with Gasteiger partial charge in [0.15, 0.2) is 0 Å². The van der Waals surface area contributed by atoms with Gasteiger partial charge < -0.3 is 14.8 Å². The van der Waals surface area contributed by atoms with Gasteiger partial charge >= 0.3 is 6.61 Å². The van der Waals surface area contributed by atoms with Gasteiger partial charge in [0, 0.05) is 19.7 Å². The van der Waals surface area contributed by atoms with Crippen LogP contribution in [0.5, 0.6) is 5.75 Å². The fourth-order valence-electron chi connectivity index (χ4n) is 1.31. The van der Waals surface area contributed by atoms with Crippen LogP contribution < -0.4 is 10.1 Å². The van der Waals surface area contributed by atoms with E-state index >= 15 is 0 Å². The van der Waals surface area contributed by atoms with E-state index in [9.17, 15) is 8.78 Å². The minimum atomic E-state index is -2.77. The summed E-state index contributed by atoms with van der Waals surface area (Å²) in [5.41, 5.74) is 1.02. The van der Waals surface area contributed by atoms with Gasteiger partial charge in [-0.15, -0.1) is 0 Å². The van der Waals surface area contributed by atoms with Crippen LogP contribution in [-0.2, 0) is 11.3 Å². The van der Waals surface area contributed by atoms with Crippen molar-refractivity contribution < 1.29 is 18.3 Å². The molecule has 1 aromatic rings. The number of rotatable bonds is 8. The maximum atomic E-state index is 11.9. The zero-order valence-corrected chi connectivity index (χ0v) is 9.79. The van der Waals surface area contributed by atoms with Crippen molar-refractivity contribution in [3.8, 4) is 5.75 Å². The standard InChI is InChI=1S/C12H17F2NO2/c1-2-16-8-7-15-9-10-3-5-11(6-4-10)17-12(13)14/h3-6,12,15H,2,7-9H2,1H3. The van der Waals surface area contributed by atoms with E-state index in [-0.39, 0.29) is 5.75 Å². The van der Waals surface area contributed by atoms with Gasteiger partial charge in [0.1, 0.15) is 5.75 Å². The summed E-state index contributed by atoms with van der Waals surface area (Å²) in [6.07, 6.45) is 0. The quantitative estimate of drug-likeness (QED) is 0.713. The Labute approximate surface area is 99.7 Å². The van der Waals surface area contributed by atoms with Crippen LogP contribution in [0.2, 0.25) is 0 Å². The first kappa shape index (κ1) is 13.9. The Morgan fingerprint density at radius 3 is 2.53 bits per heavy atom. The molecular weight excluding hydrogens is 228 g/mol. The summed E-state index contributed by atoms with van der Waals surface area (Å²) in [5, 5.41) is 3.18. The minimum absolute atomic E-state index is 0.179. The van der Waals surface area contributed by atoms with Gasteiger partial charge in [0.05, 0.1) is 6.61 Å². The van der Waals surface area contributed by atoms with Crippen molar-refractivity contribution in [1.82, 2.24) is 5.32 Å². The molecule has 0 aliphatic rings. The Morgan fingerprint density at radius 2 is 1.94 bits per heavy atom. The molecule has 1 N–H and O–H groups in total. The summed E-state index contributed by atoms with van der Waals surface area (Å²) >= 11 is 0. The molecule has 0 aliphatic heterocycles.